The summed E-state index contributed by atoms with van der Waals surface area (Å²) < 4.78 is 0. The number of hydrogen-bond acceptors (Lipinski definition) is 2. The third-order valence-electron chi connectivity index (χ3n) is 15.3. The molecule has 0 aromatic rings. The Labute approximate surface area is 293 Å². The van der Waals surface area contributed by atoms with Crippen LogP contribution in [0.4, 0.5) is 0 Å². The monoisotopic (exact) mass is 647 g/mol. The van der Waals surface area contributed by atoms with Crippen LogP contribution >= 0.6 is 0 Å². The summed E-state index contributed by atoms with van der Waals surface area (Å²) in [5.41, 5.74) is 10.9. The van der Waals surface area contributed by atoms with Crippen molar-refractivity contribution in [3.05, 3.63) is 70.1 Å². The lowest BCUT2D eigenvalue weighted by molar-refractivity contribution is 0.136. The van der Waals surface area contributed by atoms with Gasteiger partial charge in [-0.05, 0) is 157 Å². The molecule has 1 aliphatic heterocycles. The molecular weight excluding hydrogens is 581 g/mol. The molecule has 4 unspecified atom stereocenters. The van der Waals surface area contributed by atoms with Crippen LogP contribution in [0.25, 0.3) is 0 Å². The highest BCUT2D eigenvalue weighted by atomic mass is 15.2. The van der Waals surface area contributed by atoms with Crippen LogP contribution in [-0.2, 0) is 0 Å². The van der Waals surface area contributed by atoms with E-state index in [2.05, 4.69) is 46.3 Å². The molecular formula is C46H66N2. The number of likely N-dealkylation sites (tertiary alicyclic amines) is 1. The SMILES string of the molecule is C1=CC(N(C2=CCC(C3=CCCCC3)CC2)C2CCC3=C(C2)[C@@H]2C(CC3)[C@@H]3CCCC=C3N2C2CCCCC2)CC=C1C1CCCCC1. The highest BCUT2D eigenvalue weighted by Gasteiger charge is 2.52. The first kappa shape index (κ1) is 32.0. The van der Waals surface area contributed by atoms with Gasteiger partial charge in [-0.3, -0.25) is 0 Å². The van der Waals surface area contributed by atoms with E-state index < -0.39 is 0 Å². The standard InChI is InChI=1S/C46H66N2/c1-4-12-33(13-5-1)35-20-26-39(27-21-35)47(40-28-22-36(23-29-40)34-14-6-2-7-15-34)41-30-24-37-25-31-43-42-18-10-11-19-45(42)48(46(43)44(37)32-41)38-16-8-3-9-17-38/h12,19,22-23,26,28,34-35,38,40-43,46H,1-11,13-18,20-21,24-25,27,29-32H2/t35?,40?,41?,42-,43?,46-/m0/s1. The molecule has 48 heavy (non-hydrogen) atoms. The van der Waals surface area contributed by atoms with Gasteiger partial charge in [-0.1, -0.05) is 86.1 Å². The molecule has 0 aromatic heterocycles. The van der Waals surface area contributed by atoms with E-state index in [-0.39, 0.29) is 0 Å². The third-order valence-corrected chi connectivity index (χ3v) is 15.3. The number of allylic oxidation sites excluding steroid dienone is 9. The molecule has 8 aliphatic carbocycles. The molecule has 1 heterocycles. The summed E-state index contributed by atoms with van der Waals surface area (Å²) in [5.74, 6) is 3.39. The molecule has 0 amide bonds. The summed E-state index contributed by atoms with van der Waals surface area (Å²) in [4.78, 5) is 6.20. The van der Waals surface area contributed by atoms with E-state index in [4.69, 9.17) is 0 Å². The third kappa shape index (κ3) is 6.16. The minimum Gasteiger partial charge on any atom is -0.365 e. The van der Waals surface area contributed by atoms with Crippen molar-refractivity contribution < 1.29 is 0 Å². The molecule has 0 N–H and O–H groups in total. The second-order valence-electron chi connectivity index (χ2n) is 17.8. The fourth-order valence-corrected chi connectivity index (χ4v) is 12.9. The van der Waals surface area contributed by atoms with E-state index >= 15 is 0 Å². The highest BCUT2D eigenvalue weighted by Crippen LogP contribution is 2.56. The van der Waals surface area contributed by atoms with Gasteiger partial charge in [-0.15, -0.1) is 0 Å². The van der Waals surface area contributed by atoms with Crippen LogP contribution in [0.15, 0.2) is 70.1 Å². The van der Waals surface area contributed by atoms with Crippen molar-refractivity contribution in [2.75, 3.05) is 0 Å². The Morgan fingerprint density at radius 2 is 1.46 bits per heavy atom. The van der Waals surface area contributed by atoms with E-state index in [9.17, 15) is 0 Å². The summed E-state index contributed by atoms with van der Waals surface area (Å²) in [6.07, 6.45) is 52.4. The highest BCUT2D eigenvalue weighted by molar-refractivity contribution is 5.37. The second kappa shape index (κ2) is 14.3. The summed E-state index contributed by atoms with van der Waals surface area (Å²) in [6.45, 7) is 0. The molecule has 1 saturated heterocycles. The minimum absolute atomic E-state index is 0.545. The van der Waals surface area contributed by atoms with Gasteiger partial charge in [0.15, 0.2) is 0 Å². The lowest BCUT2D eigenvalue weighted by atomic mass is 9.69. The van der Waals surface area contributed by atoms with Crippen LogP contribution in [-0.4, -0.2) is 34.0 Å². The van der Waals surface area contributed by atoms with E-state index in [1.165, 1.54) is 167 Å². The maximum absolute atomic E-state index is 3.14. The Hall–Kier alpha value is -1.96. The zero-order valence-corrected chi connectivity index (χ0v) is 30.4. The predicted octanol–water partition coefficient (Wildman–Crippen LogP) is 12.3. The Bertz CT molecular complexity index is 1360. The van der Waals surface area contributed by atoms with Gasteiger partial charge in [0.1, 0.15) is 0 Å². The maximum atomic E-state index is 3.14. The van der Waals surface area contributed by atoms with E-state index in [0.29, 0.717) is 12.1 Å². The van der Waals surface area contributed by atoms with Gasteiger partial charge in [0.2, 0.25) is 0 Å². The molecule has 9 rings (SSSR count). The normalized spacial score (nSPS) is 36.4. The topological polar surface area (TPSA) is 6.48 Å². The fourth-order valence-electron chi connectivity index (χ4n) is 12.9. The number of hydrogen-bond donors (Lipinski definition) is 0. The van der Waals surface area contributed by atoms with Crippen molar-refractivity contribution in [3.63, 3.8) is 0 Å². The summed E-state index contributed by atoms with van der Waals surface area (Å²) in [6, 6.07) is 2.74. The van der Waals surface area contributed by atoms with Crippen molar-refractivity contribution in [2.45, 2.75) is 191 Å². The van der Waals surface area contributed by atoms with E-state index in [1.807, 2.05) is 16.8 Å². The minimum atomic E-state index is 0.545. The Balaban J connectivity index is 1.01. The predicted molar refractivity (Wildman–Crippen MR) is 201 cm³/mol. The first-order valence-corrected chi connectivity index (χ1v) is 21.6. The molecule has 9 aliphatic rings. The van der Waals surface area contributed by atoms with Gasteiger partial charge in [-0.2, -0.15) is 0 Å². The van der Waals surface area contributed by atoms with Crippen molar-refractivity contribution in [2.24, 2.45) is 23.7 Å². The summed E-state index contributed by atoms with van der Waals surface area (Å²) >= 11 is 0. The molecule has 0 spiro atoms. The van der Waals surface area contributed by atoms with Crippen LogP contribution in [0.2, 0.25) is 0 Å². The Kier molecular flexibility index (Phi) is 9.56. The molecule has 0 radical (unpaired) electrons. The zero-order valence-electron chi connectivity index (χ0n) is 30.4. The Morgan fingerprint density at radius 1 is 0.625 bits per heavy atom. The zero-order chi connectivity index (χ0) is 31.9. The molecule has 2 heteroatoms. The molecule has 0 aromatic carbocycles. The molecule has 3 fully saturated rings. The summed E-state index contributed by atoms with van der Waals surface area (Å²) in [5, 5.41) is 0. The quantitative estimate of drug-likeness (QED) is 0.265. The summed E-state index contributed by atoms with van der Waals surface area (Å²) in [7, 11) is 0. The van der Waals surface area contributed by atoms with Gasteiger partial charge in [0.25, 0.3) is 0 Å². The van der Waals surface area contributed by atoms with Crippen LogP contribution in [0.5, 0.6) is 0 Å². The average molecular weight is 647 g/mol. The van der Waals surface area contributed by atoms with Crippen LogP contribution in [0.1, 0.15) is 167 Å². The smallest absolute Gasteiger partial charge is 0.0540 e. The van der Waals surface area contributed by atoms with E-state index in [1.54, 1.807) is 16.8 Å². The fraction of sp³-hybridized carbons (Fsp3) is 0.739. The van der Waals surface area contributed by atoms with Crippen LogP contribution in [0, 0.1) is 23.7 Å². The van der Waals surface area contributed by atoms with Gasteiger partial charge < -0.3 is 9.80 Å². The van der Waals surface area contributed by atoms with E-state index in [0.717, 1.165) is 35.8 Å². The lowest BCUT2D eigenvalue weighted by Crippen LogP contribution is -2.48. The largest absolute Gasteiger partial charge is 0.365 e. The van der Waals surface area contributed by atoms with Crippen molar-refractivity contribution >= 4 is 0 Å². The molecule has 2 nitrogen and oxygen atoms in total. The van der Waals surface area contributed by atoms with Gasteiger partial charge in [-0.25, -0.2) is 0 Å². The molecule has 0 bridgehead atoms. The average Bonchev–Trinajstić information content (AvgIpc) is 3.52. The lowest BCUT2D eigenvalue weighted by Gasteiger charge is -2.49. The van der Waals surface area contributed by atoms with Crippen molar-refractivity contribution in [1.82, 2.24) is 9.80 Å². The van der Waals surface area contributed by atoms with Crippen molar-refractivity contribution in [1.29, 1.82) is 0 Å². The van der Waals surface area contributed by atoms with Crippen LogP contribution in [0.3, 0.4) is 0 Å². The van der Waals surface area contributed by atoms with Gasteiger partial charge >= 0.3 is 0 Å². The maximum Gasteiger partial charge on any atom is 0.0540 e. The van der Waals surface area contributed by atoms with Crippen LogP contribution < -0.4 is 0 Å². The Morgan fingerprint density at radius 3 is 2.23 bits per heavy atom. The number of nitrogens with zero attached hydrogens (tertiary/aromatic N) is 2. The van der Waals surface area contributed by atoms with Gasteiger partial charge in [0.05, 0.1) is 12.1 Å². The first-order chi connectivity index (χ1) is 23.8. The molecule has 6 atom stereocenters. The molecule has 260 valence electrons. The molecule has 2 saturated carbocycles. The second-order valence-corrected chi connectivity index (χ2v) is 17.8. The number of fused-ring (bicyclic) bond motifs is 4. The number of rotatable bonds is 6. The van der Waals surface area contributed by atoms with Gasteiger partial charge in [0, 0.05) is 29.4 Å². The van der Waals surface area contributed by atoms with Crippen molar-refractivity contribution in [3.8, 4) is 0 Å². The first-order valence-electron chi connectivity index (χ1n) is 21.6.